The van der Waals surface area contributed by atoms with Gasteiger partial charge in [0.2, 0.25) is 29.5 Å². The monoisotopic (exact) mass is 1220 g/mol. The van der Waals surface area contributed by atoms with E-state index < -0.39 is 252 Å². The van der Waals surface area contributed by atoms with Gasteiger partial charge in [0.05, 0.1) is 32.5 Å². The minimum absolute atomic E-state index is 0.616. The number of rotatable bonds is 21. The lowest BCUT2D eigenvalue weighted by Gasteiger charge is -2.51. The van der Waals surface area contributed by atoms with E-state index in [2.05, 4.69) is 26.6 Å². The predicted octanol–water partition coefficient (Wildman–Crippen LogP) is -11.8. The number of hydrogen-bond acceptors (Lipinski definition) is 31. The average Bonchev–Trinajstić information content (AvgIpc) is 2.71. The fourth-order valence-electron chi connectivity index (χ4n) is 10.6. The first-order valence-corrected chi connectivity index (χ1v) is 26.8. The van der Waals surface area contributed by atoms with Crippen molar-refractivity contribution in [2.75, 3.05) is 33.0 Å². The van der Waals surface area contributed by atoms with Gasteiger partial charge in [-0.3, -0.25) is 28.8 Å². The largest absolute Gasteiger partial charge is 0.463 e. The molecule has 6 aliphatic heterocycles. The number of nitrogens with one attached hydrogen (secondary N) is 5. The lowest BCUT2D eigenvalue weighted by atomic mass is 9.93. The molecule has 5 amide bonds. The van der Waals surface area contributed by atoms with Crippen molar-refractivity contribution in [2.24, 2.45) is 0 Å². The van der Waals surface area contributed by atoms with E-state index >= 15 is 0 Å². The standard InChI is InChI=1S/C48H79N5O31/c1-13-30(63)37(70)38(71)48(75-13)74-12-24-42(33(66)25(43(72)76-24)49-14(2)57)84-47-29(53-18(6)61)36(69)41(22(10-56)79-47)83-46-28(52-17(5)60)35(68)40(21(9-55)78-46)82-45-27(51-16(4)59)34(67)39(20(8-54)77-45)81-44-26(50-15(3)58)32(65)31(64)23(80-44)11-73-19(7)62/h13,20-48,54-56,63-72H,8-12H2,1-7H3,(H,49,57)(H,50,58)(H,51,59)(H,52,60)(H,53,61). The minimum Gasteiger partial charge on any atom is -0.463 e. The van der Waals surface area contributed by atoms with E-state index in [1.54, 1.807) is 0 Å². The van der Waals surface area contributed by atoms with Crippen LogP contribution in [0.25, 0.3) is 0 Å². The number of hydrogen-bond donors (Lipinski definition) is 18. The Kier molecular flexibility index (Phi) is 24.8. The number of ether oxygens (including phenoxy) is 12. The van der Waals surface area contributed by atoms with Gasteiger partial charge < -0.3 is 150 Å². The Morgan fingerprint density at radius 1 is 0.357 bits per heavy atom. The third kappa shape index (κ3) is 16.3. The molecular weight excluding hydrogens is 1140 g/mol. The Morgan fingerprint density at radius 3 is 1.05 bits per heavy atom. The molecule has 36 heteroatoms. The summed E-state index contributed by atoms with van der Waals surface area (Å²) in [7, 11) is 0. The van der Waals surface area contributed by atoms with Crippen LogP contribution >= 0.6 is 0 Å². The second-order valence-electron chi connectivity index (χ2n) is 21.1. The van der Waals surface area contributed by atoms with Gasteiger partial charge >= 0.3 is 5.97 Å². The van der Waals surface area contributed by atoms with Crippen LogP contribution < -0.4 is 26.6 Å². The van der Waals surface area contributed by atoms with Gasteiger partial charge in [-0.15, -0.1) is 0 Å². The van der Waals surface area contributed by atoms with Crippen LogP contribution in [-0.2, 0) is 85.6 Å². The molecule has 0 aromatic rings. The lowest BCUT2D eigenvalue weighted by molar-refractivity contribution is -0.368. The molecule has 0 spiro atoms. The van der Waals surface area contributed by atoms with Crippen LogP contribution in [0.4, 0.5) is 0 Å². The number of aliphatic hydroxyl groups excluding tert-OH is 13. The van der Waals surface area contributed by atoms with Gasteiger partial charge in [0.1, 0.15) is 147 Å². The summed E-state index contributed by atoms with van der Waals surface area (Å²) in [5.74, 6) is -4.78. The van der Waals surface area contributed by atoms with Gasteiger partial charge in [-0.1, -0.05) is 0 Å². The van der Waals surface area contributed by atoms with E-state index in [1.165, 1.54) is 6.92 Å². The first-order valence-electron chi connectivity index (χ1n) is 26.8. The summed E-state index contributed by atoms with van der Waals surface area (Å²) in [5, 5.41) is 156. The van der Waals surface area contributed by atoms with Gasteiger partial charge in [-0.25, -0.2) is 0 Å². The van der Waals surface area contributed by atoms with Gasteiger partial charge in [0.25, 0.3) is 0 Å². The molecule has 30 unspecified atom stereocenters. The SMILES string of the molecule is CC(=O)NC1C(O)OC(COC2OC(C)C(O)C(O)C2O)C(OC2OC(CO)C(OC3OC(CO)C(OC4OC(CO)C(OC5OC(COC(C)=O)C(O)C(O)C5NC(C)=O)C(O)C4NC(C)=O)C(O)C3NC(C)=O)C(O)C2NC(C)=O)C1O. The summed E-state index contributed by atoms with van der Waals surface area (Å²) < 4.78 is 70.3. The first kappa shape index (κ1) is 69.0. The predicted molar refractivity (Wildman–Crippen MR) is 265 cm³/mol. The number of carbonyl (C=O) groups is 6. The fourth-order valence-corrected chi connectivity index (χ4v) is 10.6. The van der Waals surface area contributed by atoms with Crippen molar-refractivity contribution in [2.45, 2.75) is 232 Å². The summed E-state index contributed by atoms with van der Waals surface area (Å²) in [6.45, 7) is 3.19. The molecule has 6 heterocycles. The Balaban J connectivity index is 1.24. The third-order valence-electron chi connectivity index (χ3n) is 14.7. The fraction of sp³-hybridized carbons (Fsp3) is 0.875. The summed E-state index contributed by atoms with van der Waals surface area (Å²) in [6, 6.07) is -8.47. The molecule has 6 fully saturated rings. The number of esters is 1. The highest BCUT2D eigenvalue weighted by atomic mass is 16.8. The van der Waals surface area contributed by atoms with Crippen molar-refractivity contribution in [1.82, 2.24) is 26.6 Å². The van der Waals surface area contributed by atoms with Crippen molar-refractivity contribution in [3.63, 3.8) is 0 Å². The molecule has 84 heavy (non-hydrogen) atoms. The smallest absolute Gasteiger partial charge is 0.302 e. The summed E-state index contributed by atoms with van der Waals surface area (Å²) in [6.07, 6.45) is -44.4. The van der Waals surface area contributed by atoms with Gasteiger partial charge in [0.15, 0.2) is 37.7 Å². The Bertz CT molecular complexity index is 2210. The topological polar surface area (TPSA) is 536 Å². The van der Waals surface area contributed by atoms with E-state index in [9.17, 15) is 95.2 Å². The number of carbonyl (C=O) groups excluding carboxylic acids is 6. The van der Waals surface area contributed by atoms with Crippen molar-refractivity contribution in [1.29, 1.82) is 0 Å². The van der Waals surface area contributed by atoms with Crippen LogP contribution in [0.5, 0.6) is 0 Å². The maximum atomic E-state index is 12.8. The first-order chi connectivity index (χ1) is 39.5. The molecule has 30 atom stereocenters. The zero-order valence-electron chi connectivity index (χ0n) is 46.5. The van der Waals surface area contributed by atoms with Gasteiger partial charge in [-0.05, 0) is 6.92 Å². The second kappa shape index (κ2) is 30.2. The van der Waals surface area contributed by atoms with Crippen LogP contribution in [0.15, 0.2) is 0 Å². The lowest BCUT2D eigenvalue weighted by Crippen LogP contribution is -2.72. The van der Waals surface area contributed by atoms with Crippen LogP contribution in [0.3, 0.4) is 0 Å². The molecule has 0 aromatic carbocycles. The molecule has 0 radical (unpaired) electrons. The molecule has 6 saturated heterocycles. The van der Waals surface area contributed by atoms with E-state index in [4.69, 9.17) is 56.8 Å². The van der Waals surface area contributed by atoms with E-state index in [0.717, 1.165) is 41.5 Å². The van der Waals surface area contributed by atoms with Crippen molar-refractivity contribution in [3.8, 4) is 0 Å². The highest BCUT2D eigenvalue weighted by molar-refractivity contribution is 5.75. The summed E-state index contributed by atoms with van der Waals surface area (Å²) >= 11 is 0. The molecule has 0 aromatic heterocycles. The second-order valence-corrected chi connectivity index (χ2v) is 21.1. The average molecular weight is 1220 g/mol. The van der Waals surface area contributed by atoms with E-state index in [1.807, 2.05) is 0 Å². The maximum Gasteiger partial charge on any atom is 0.302 e. The zero-order chi connectivity index (χ0) is 62.3. The van der Waals surface area contributed by atoms with Crippen molar-refractivity contribution >= 4 is 35.5 Å². The Hall–Kier alpha value is -4.14. The summed E-state index contributed by atoms with van der Waals surface area (Å²) in [4.78, 5) is 74.4. The van der Waals surface area contributed by atoms with E-state index in [-0.39, 0.29) is 0 Å². The Labute approximate surface area is 478 Å². The van der Waals surface area contributed by atoms with Crippen LogP contribution in [-0.4, -0.2) is 319 Å². The molecule has 0 saturated carbocycles. The number of amides is 5. The third-order valence-corrected chi connectivity index (χ3v) is 14.7. The Morgan fingerprint density at radius 2 is 0.690 bits per heavy atom. The molecule has 36 nitrogen and oxygen atoms in total. The minimum atomic E-state index is -2.06. The molecule has 6 aliphatic rings. The quantitative estimate of drug-likeness (QED) is 0.0475. The van der Waals surface area contributed by atoms with Crippen molar-refractivity contribution < 1.29 is 152 Å². The molecule has 6 rings (SSSR count). The molecular formula is C48H79N5O31. The van der Waals surface area contributed by atoms with E-state index in [0.29, 0.717) is 0 Å². The molecule has 482 valence electrons. The normalized spacial score (nSPS) is 44.4. The summed E-state index contributed by atoms with van der Waals surface area (Å²) in [5.41, 5.74) is 0. The maximum absolute atomic E-state index is 12.8. The molecule has 0 bridgehead atoms. The van der Waals surface area contributed by atoms with Gasteiger partial charge in [0, 0.05) is 41.5 Å². The highest BCUT2D eigenvalue weighted by Gasteiger charge is 2.58. The number of aliphatic hydroxyl groups is 13. The van der Waals surface area contributed by atoms with Gasteiger partial charge in [-0.2, -0.15) is 0 Å². The van der Waals surface area contributed by atoms with Crippen LogP contribution in [0.1, 0.15) is 48.5 Å². The zero-order valence-corrected chi connectivity index (χ0v) is 46.5. The van der Waals surface area contributed by atoms with Crippen LogP contribution in [0, 0.1) is 0 Å². The molecule has 18 N–H and O–H groups in total. The highest BCUT2D eigenvalue weighted by Crippen LogP contribution is 2.37. The molecule has 0 aliphatic carbocycles. The van der Waals surface area contributed by atoms with Crippen molar-refractivity contribution in [3.05, 3.63) is 0 Å². The van der Waals surface area contributed by atoms with Crippen LogP contribution in [0.2, 0.25) is 0 Å².